The van der Waals surface area contributed by atoms with Crippen LogP contribution in [0.3, 0.4) is 0 Å². The molecule has 1 aromatic carbocycles. The molecule has 104 valence electrons. The van der Waals surface area contributed by atoms with E-state index in [0.29, 0.717) is 6.61 Å². The van der Waals surface area contributed by atoms with Gasteiger partial charge in [0, 0.05) is 12.1 Å². The van der Waals surface area contributed by atoms with Crippen LogP contribution < -0.4 is 0 Å². The number of ether oxygens (including phenoxy) is 1. The van der Waals surface area contributed by atoms with Crippen molar-refractivity contribution in [3.8, 4) is 0 Å². The van der Waals surface area contributed by atoms with Crippen molar-refractivity contribution in [3.63, 3.8) is 0 Å². The van der Waals surface area contributed by atoms with Crippen LogP contribution in [0.15, 0.2) is 24.3 Å². The Balaban J connectivity index is 2.37. The molecule has 0 fully saturated rings. The molecule has 0 aliphatic rings. The van der Waals surface area contributed by atoms with Gasteiger partial charge in [-0.05, 0) is 12.5 Å². The van der Waals surface area contributed by atoms with Gasteiger partial charge in [0.2, 0.25) is 0 Å². The third-order valence-electron chi connectivity index (χ3n) is 2.77. The first-order valence-electron chi connectivity index (χ1n) is 6.56. The standard InChI is InChI=1S/C14H19NO4/c1-2-3-4-5-6-10-19-14(16)12-8-7-9-13(11-12)15(17)18/h7-9,11H,2-6,10H2,1H3. The third kappa shape index (κ3) is 5.50. The second-order valence-corrected chi connectivity index (χ2v) is 4.36. The normalized spacial score (nSPS) is 10.2. The molecule has 0 spiro atoms. The quantitative estimate of drug-likeness (QED) is 0.311. The van der Waals surface area contributed by atoms with Gasteiger partial charge >= 0.3 is 5.97 Å². The van der Waals surface area contributed by atoms with Crippen LogP contribution in [-0.4, -0.2) is 17.5 Å². The van der Waals surface area contributed by atoms with Crippen molar-refractivity contribution in [1.29, 1.82) is 0 Å². The van der Waals surface area contributed by atoms with Crippen LogP contribution in [0.1, 0.15) is 49.4 Å². The van der Waals surface area contributed by atoms with Gasteiger partial charge in [0.25, 0.3) is 5.69 Å². The maximum Gasteiger partial charge on any atom is 0.338 e. The first kappa shape index (κ1) is 15.1. The summed E-state index contributed by atoms with van der Waals surface area (Å²) in [5.74, 6) is -0.501. The summed E-state index contributed by atoms with van der Waals surface area (Å²) in [5, 5.41) is 10.6. The predicted molar refractivity (Wildman–Crippen MR) is 72.1 cm³/mol. The average Bonchev–Trinajstić information content (AvgIpc) is 2.42. The zero-order valence-electron chi connectivity index (χ0n) is 11.1. The Morgan fingerprint density at radius 3 is 2.68 bits per heavy atom. The molecule has 0 unspecified atom stereocenters. The van der Waals surface area contributed by atoms with Gasteiger partial charge in [-0.25, -0.2) is 4.79 Å². The number of nitrogens with zero attached hydrogens (tertiary/aromatic N) is 1. The molecular weight excluding hydrogens is 246 g/mol. The van der Waals surface area contributed by atoms with Gasteiger partial charge in [0.05, 0.1) is 17.1 Å². The number of nitro groups is 1. The molecule has 0 aliphatic heterocycles. The molecule has 0 heterocycles. The first-order valence-corrected chi connectivity index (χ1v) is 6.56. The fraction of sp³-hybridized carbons (Fsp3) is 0.500. The summed E-state index contributed by atoms with van der Waals surface area (Å²) in [5.41, 5.74) is 0.125. The maximum absolute atomic E-state index is 11.7. The van der Waals surface area contributed by atoms with Crippen molar-refractivity contribution < 1.29 is 14.5 Å². The second-order valence-electron chi connectivity index (χ2n) is 4.36. The van der Waals surface area contributed by atoms with Crippen molar-refractivity contribution in [2.45, 2.75) is 39.0 Å². The Hall–Kier alpha value is -1.91. The minimum absolute atomic E-state index is 0.0996. The molecule has 0 aliphatic carbocycles. The molecule has 0 amide bonds. The van der Waals surface area contributed by atoms with E-state index in [1.807, 2.05) is 0 Å². The van der Waals surface area contributed by atoms with Crippen LogP contribution >= 0.6 is 0 Å². The van der Waals surface area contributed by atoms with Gasteiger partial charge in [-0.15, -0.1) is 0 Å². The summed E-state index contributed by atoms with van der Waals surface area (Å²) in [4.78, 5) is 21.7. The molecule has 0 saturated heterocycles. The van der Waals surface area contributed by atoms with Crippen LogP contribution in [0.25, 0.3) is 0 Å². The Labute approximate surface area is 112 Å². The van der Waals surface area contributed by atoms with Crippen LogP contribution in [0.2, 0.25) is 0 Å². The lowest BCUT2D eigenvalue weighted by Crippen LogP contribution is -2.06. The Bertz CT molecular complexity index is 431. The Morgan fingerprint density at radius 1 is 1.26 bits per heavy atom. The molecule has 19 heavy (non-hydrogen) atoms. The molecule has 5 heteroatoms. The summed E-state index contributed by atoms with van der Waals surface area (Å²) in [6.45, 7) is 2.51. The number of nitro benzene ring substituents is 1. The lowest BCUT2D eigenvalue weighted by molar-refractivity contribution is -0.384. The Kier molecular flexibility index (Phi) is 6.57. The largest absolute Gasteiger partial charge is 0.462 e. The van der Waals surface area contributed by atoms with E-state index in [9.17, 15) is 14.9 Å². The smallest absolute Gasteiger partial charge is 0.338 e. The van der Waals surface area contributed by atoms with E-state index in [1.54, 1.807) is 0 Å². The number of carbonyl (C=O) groups excluding carboxylic acids is 1. The van der Waals surface area contributed by atoms with Gasteiger partial charge in [-0.3, -0.25) is 10.1 Å². The number of non-ortho nitro benzene ring substituents is 1. The molecule has 0 saturated carbocycles. The molecule has 5 nitrogen and oxygen atoms in total. The molecule has 1 rings (SSSR count). The molecule has 1 aromatic rings. The van der Waals surface area contributed by atoms with Crippen molar-refractivity contribution in [1.82, 2.24) is 0 Å². The lowest BCUT2D eigenvalue weighted by Gasteiger charge is -2.04. The molecular formula is C14H19NO4. The molecule has 0 atom stereocenters. The zero-order chi connectivity index (χ0) is 14.1. The number of unbranched alkanes of at least 4 members (excludes halogenated alkanes) is 4. The van der Waals surface area contributed by atoms with E-state index in [4.69, 9.17) is 4.74 Å². The van der Waals surface area contributed by atoms with Crippen molar-refractivity contribution in [2.24, 2.45) is 0 Å². The number of carbonyl (C=O) groups is 1. The van der Waals surface area contributed by atoms with Crippen molar-refractivity contribution in [2.75, 3.05) is 6.61 Å². The van der Waals surface area contributed by atoms with Gasteiger partial charge in [-0.2, -0.15) is 0 Å². The van der Waals surface area contributed by atoms with Crippen LogP contribution in [-0.2, 0) is 4.74 Å². The highest BCUT2D eigenvalue weighted by molar-refractivity contribution is 5.90. The van der Waals surface area contributed by atoms with Gasteiger partial charge < -0.3 is 4.74 Å². The maximum atomic E-state index is 11.7. The topological polar surface area (TPSA) is 69.4 Å². The molecule has 0 bridgehead atoms. The summed E-state index contributed by atoms with van der Waals surface area (Å²) in [6, 6.07) is 5.59. The number of hydrogen-bond donors (Lipinski definition) is 0. The third-order valence-corrected chi connectivity index (χ3v) is 2.77. The number of benzene rings is 1. The van der Waals surface area contributed by atoms with Crippen LogP contribution in [0.5, 0.6) is 0 Å². The summed E-state index contributed by atoms with van der Waals surface area (Å²) in [6.07, 6.45) is 5.38. The lowest BCUT2D eigenvalue weighted by atomic mass is 10.2. The van der Waals surface area contributed by atoms with E-state index in [1.165, 1.54) is 37.1 Å². The highest BCUT2D eigenvalue weighted by atomic mass is 16.6. The highest BCUT2D eigenvalue weighted by Crippen LogP contribution is 2.14. The fourth-order valence-electron chi connectivity index (χ4n) is 1.70. The number of rotatable bonds is 8. The Morgan fingerprint density at radius 2 is 2.00 bits per heavy atom. The minimum Gasteiger partial charge on any atom is -0.462 e. The average molecular weight is 265 g/mol. The minimum atomic E-state index is -0.526. The molecule has 0 aromatic heterocycles. The molecule has 0 radical (unpaired) electrons. The summed E-state index contributed by atoms with van der Waals surface area (Å²) in [7, 11) is 0. The summed E-state index contributed by atoms with van der Waals surface area (Å²) < 4.78 is 5.08. The number of hydrogen-bond acceptors (Lipinski definition) is 4. The fourth-order valence-corrected chi connectivity index (χ4v) is 1.70. The number of esters is 1. The summed E-state index contributed by atoms with van der Waals surface area (Å²) >= 11 is 0. The van der Waals surface area contributed by atoms with E-state index in [2.05, 4.69) is 6.92 Å². The molecule has 0 N–H and O–H groups in total. The van der Waals surface area contributed by atoms with Gasteiger partial charge in [0.1, 0.15) is 0 Å². The van der Waals surface area contributed by atoms with Crippen molar-refractivity contribution >= 4 is 11.7 Å². The van der Waals surface area contributed by atoms with Crippen molar-refractivity contribution in [3.05, 3.63) is 39.9 Å². The first-order chi connectivity index (χ1) is 9.15. The predicted octanol–water partition coefficient (Wildman–Crippen LogP) is 3.72. The second kappa shape index (κ2) is 8.24. The SMILES string of the molecule is CCCCCCCOC(=O)c1cccc([N+](=O)[O-])c1. The van der Waals surface area contributed by atoms with Crippen LogP contribution in [0.4, 0.5) is 5.69 Å². The van der Waals surface area contributed by atoms with E-state index >= 15 is 0 Å². The van der Waals surface area contributed by atoms with Gasteiger partial charge in [0.15, 0.2) is 0 Å². The monoisotopic (exact) mass is 265 g/mol. The highest BCUT2D eigenvalue weighted by Gasteiger charge is 2.12. The van der Waals surface area contributed by atoms with E-state index in [-0.39, 0.29) is 11.3 Å². The zero-order valence-corrected chi connectivity index (χ0v) is 11.1. The van der Waals surface area contributed by atoms with Crippen LogP contribution in [0, 0.1) is 10.1 Å². The van der Waals surface area contributed by atoms with E-state index < -0.39 is 10.9 Å². The van der Waals surface area contributed by atoms with Gasteiger partial charge in [-0.1, -0.05) is 38.7 Å². The van der Waals surface area contributed by atoms with E-state index in [0.717, 1.165) is 19.3 Å².